The largest absolute Gasteiger partial charge is 0.305 e. The minimum absolute atomic E-state index is 0.301. The van der Waals surface area contributed by atoms with Gasteiger partial charge in [0.1, 0.15) is 5.69 Å². The van der Waals surface area contributed by atoms with E-state index in [4.69, 9.17) is 6.42 Å². The molecule has 128 valence electrons. The molecule has 1 amide bonds. The van der Waals surface area contributed by atoms with Gasteiger partial charge in [-0.05, 0) is 44.4 Å². The molecule has 0 aliphatic heterocycles. The van der Waals surface area contributed by atoms with Crippen LogP contribution in [0.5, 0.6) is 0 Å². The van der Waals surface area contributed by atoms with Gasteiger partial charge in [0.05, 0.1) is 22.5 Å². The molecular formula is C18H18N4OS2. The van der Waals surface area contributed by atoms with Gasteiger partial charge in [0.2, 0.25) is 0 Å². The third-order valence-electron chi connectivity index (χ3n) is 3.76. The van der Waals surface area contributed by atoms with E-state index in [0.29, 0.717) is 23.6 Å². The summed E-state index contributed by atoms with van der Waals surface area (Å²) in [6.07, 6.45) is 7.55. The zero-order valence-corrected chi connectivity index (χ0v) is 15.9. The summed E-state index contributed by atoms with van der Waals surface area (Å²) in [6.45, 7) is 4.81. The monoisotopic (exact) mass is 370 g/mol. The minimum atomic E-state index is -0.301. The third-order valence-corrected chi connectivity index (χ3v) is 5.52. The summed E-state index contributed by atoms with van der Waals surface area (Å²) < 4.78 is 4.64. The Morgan fingerprint density at radius 2 is 2.24 bits per heavy atom. The van der Waals surface area contributed by atoms with Crippen LogP contribution < -0.4 is 4.80 Å². The second-order valence-electron chi connectivity index (χ2n) is 5.41. The van der Waals surface area contributed by atoms with Crippen molar-refractivity contribution < 1.29 is 4.79 Å². The summed E-state index contributed by atoms with van der Waals surface area (Å²) in [7, 11) is 0. The Morgan fingerprint density at radius 1 is 1.44 bits per heavy atom. The zero-order chi connectivity index (χ0) is 18.0. The molecule has 0 aliphatic rings. The number of nitrogens with zero attached hydrogens (tertiary/aromatic N) is 4. The SMILES string of the molecule is C#CCn1c(=NC(=O)c2cc(C)nn2CC)sc2cc(SC)ccc21. The Labute approximate surface area is 154 Å². The number of fused-ring (bicyclic) bond motifs is 1. The van der Waals surface area contributed by atoms with Gasteiger partial charge in [0.25, 0.3) is 5.91 Å². The maximum atomic E-state index is 12.7. The van der Waals surface area contributed by atoms with Gasteiger partial charge in [-0.1, -0.05) is 17.3 Å². The van der Waals surface area contributed by atoms with Crippen LogP contribution in [-0.2, 0) is 13.1 Å². The number of amides is 1. The van der Waals surface area contributed by atoms with Crippen molar-refractivity contribution in [1.29, 1.82) is 0 Å². The van der Waals surface area contributed by atoms with Crippen LogP contribution in [-0.4, -0.2) is 26.5 Å². The molecule has 0 unspecified atom stereocenters. The molecule has 1 aromatic carbocycles. The summed E-state index contributed by atoms with van der Waals surface area (Å²) in [5, 5.41) is 4.31. The Morgan fingerprint density at radius 3 is 2.92 bits per heavy atom. The molecule has 0 aliphatic carbocycles. The number of terminal acetylenes is 1. The highest BCUT2D eigenvalue weighted by atomic mass is 32.2. The van der Waals surface area contributed by atoms with Crippen LogP contribution in [0.4, 0.5) is 0 Å². The average molecular weight is 371 g/mol. The van der Waals surface area contributed by atoms with Crippen LogP contribution in [0.2, 0.25) is 0 Å². The smallest absolute Gasteiger partial charge is 0.297 e. The number of rotatable bonds is 4. The molecule has 2 aromatic heterocycles. The lowest BCUT2D eigenvalue weighted by molar-refractivity contribution is 0.0987. The van der Waals surface area contributed by atoms with Crippen molar-refractivity contribution in [3.8, 4) is 12.3 Å². The molecule has 2 heterocycles. The molecule has 0 bridgehead atoms. The molecule has 0 saturated carbocycles. The normalized spacial score (nSPS) is 11.8. The fourth-order valence-electron chi connectivity index (χ4n) is 2.61. The van der Waals surface area contributed by atoms with Crippen LogP contribution in [0.1, 0.15) is 23.1 Å². The number of carbonyl (C=O) groups is 1. The van der Waals surface area contributed by atoms with Crippen molar-refractivity contribution in [1.82, 2.24) is 14.3 Å². The first-order valence-corrected chi connectivity index (χ1v) is 9.85. The standard InChI is InChI=1S/C18H18N4OS2/c1-5-9-21-14-8-7-13(24-4)11-16(14)25-18(21)19-17(23)15-10-12(3)20-22(15)6-2/h1,7-8,10-11H,6,9H2,2-4H3. The number of hydrogen-bond acceptors (Lipinski definition) is 4. The number of thiazole rings is 1. The van der Waals surface area contributed by atoms with Crippen molar-refractivity contribution in [2.45, 2.75) is 31.8 Å². The van der Waals surface area contributed by atoms with Gasteiger partial charge < -0.3 is 4.57 Å². The number of aromatic nitrogens is 3. The predicted octanol–water partition coefficient (Wildman–Crippen LogP) is 3.32. The fraction of sp³-hybridized carbons (Fsp3) is 0.278. The van der Waals surface area contributed by atoms with Crippen molar-refractivity contribution >= 4 is 39.2 Å². The molecule has 0 fully saturated rings. The van der Waals surface area contributed by atoms with E-state index in [9.17, 15) is 4.79 Å². The molecule has 7 heteroatoms. The molecule has 0 atom stereocenters. The number of hydrogen-bond donors (Lipinski definition) is 0. The summed E-state index contributed by atoms with van der Waals surface area (Å²) in [5.41, 5.74) is 2.29. The fourth-order valence-corrected chi connectivity index (χ4v) is 4.19. The van der Waals surface area contributed by atoms with Gasteiger partial charge in [-0.25, -0.2) is 0 Å². The van der Waals surface area contributed by atoms with E-state index < -0.39 is 0 Å². The highest BCUT2D eigenvalue weighted by Gasteiger charge is 2.14. The number of thioether (sulfide) groups is 1. The second kappa shape index (κ2) is 7.30. The lowest BCUT2D eigenvalue weighted by Gasteiger charge is -2.01. The molecule has 0 spiro atoms. The Bertz CT molecular complexity index is 1050. The van der Waals surface area contributed by atoms with E-state index in [2.05, 4.69) is 22.1 Å². The Kier molecular flexibility index (Phi) is 5.11. The van der Waals surface area contributed by atoms with Crippen molar-refractivity contribution in [2.24, 2.45) is 4.99 Å². The highest BCUT2D eigenvalue weighted by Crippen LogP contribution is 2.24. The van der Waals surface area contributed by atoms with Gasteiger partial charge in [0, 0.05) is 11.4 Å². The maximum absolute atomic E-state index is 12.7. The van der Waals surface area contributed by atoms with Gasteiger partial charge >= 0.3 is 0 Å². The molecular weight excluding hydrogens is 352 g/mol. The minimum Gasteiger partial charge on any atom is -0.305 e. The summed E-state index contributed by atoms with van der Waals surface area (Å²) in [5.74, 6) is 2.35. The van der Waals surface area contributed by atoms with Gasteiger partial charge in [-0.2, -0.15) is 10.1 Å². The quantitative estimate of drug-likeness (QED) is 0.523. The van der Waals surface area contributed by atoms with E-state index in [1.165, 1.54) is 16.2 Å². The molecule has 0 N–H and O–H groups in total. The van der Waals surface area contributed by atoms with E-state index in [-0.39, 0.29) is 5.91 Å². The van der Waals surface area contributed by atoms with Gasteiger partial charge in [0.15, 0.2) is 4.80 Å². The zero-order valence-electron chi connectivity index (χ0n) is 14.3. The number of aryl methyl sites for hydroxylation is 2. The lowest BCUT2D eigenvalue weighted by atomic mass is 10.3. The van der Waals surface area contributed by atoms with Gasteiger partial charge in [-0.3, -0.25) is 9.48 Å². The second-order valence-corrected chi connectivity index (χ2v) is 7.30. The number of benzene rings is 1. The van der Waals surface area contributed by atoms with E-state index in [1.54, 1.807) is 22.5 Å². The molecule has 3 aromatic rings. The topological polar surface area (TPSA) is 52.2 Å². The van der Waals surface area contributed by atoms with E-state index >= 15 is 0 Å². The van der Waals surface area contributed by atoms with Crippen LogP contribution in [0, 0.1) is 19.3 Å². The summed E-state index contributed by atoms with van der Waals surface area (Å²) >= 11 is 3.15. The molecule has 0 radical (unpaired) electrons. The molecule has 25 heavy (non-hydrogen) atoms. The predicted molar refractivity (Wildman–Crippen MR) is 103 cm³/mol. The van der Waals surface area contributed by atoms with Gasteiger partial charge in [-0.15, -0.1) is 18.2 Å². The highest BCUT2D eigenvalue weighted by molar-refractivity contribution is 7.98. The van der Waals surface area contributed by atoms with E-state index in [0.717, 1.165) is 15.9 Å². The first kappa shape index (κ1) is 17.5. The Balaban J connectivity index is 2.16. The molecule has 3 rings (SSSR count). The van der Waals surface area contributed by atoms with E-state index in [1.807, 2.05) is 36.8 Å². The average Bonchev–Trinajstić information content (AvgIpc) is 3.15. The van der Waals surface area contributed by atoms with Crippen LogP contribution in [0.25, 0.3) is 10.2 Å². The third kappa shape index (κ3) is 3.41. The maximum Gasteiger partial charge on any atom is 0.297 e. The first-order valence-electron chi connectivity index (χ1n) is 7.81. The molecule has 5 nitrogen and oxygen atoms in total. The van der Waals surface area contributed by atoms with Crippen LogP contribution in [0.3, 0.4) is 0 Å². The summed E-state index contributed by atoms with van der Waals surface area (Å²) in [4.78, 5) is 18.8. The lowest BCUT2D eigenvalue weighted by Crippen LogP contribution is -2.18. The van der Waals surface area contributed by atoms with Crippen LogP contribution in [0.15, 0.2) is 34.2 Å². The molecule has 0 saturated heterocycles. The van der Waals surface area contributed by atoms with Crippen molar-refractivity contribution in [3.63, 3.8) is 0 Å². The Hall–Kier alpha value is -2.30. The van der Waals surface area contributed by atoms with Crippen molar-refractivity contribution in [3.05, 3.63) is 40.5 Å². The van der Waals surface area contributed by atoms with Crippen LogP contribution >= 0.6 is 23.1 Å². The first-order chi connectivity index (χ1) is 12.1. The summed E-state index contributed by atoms with van der Waals surface area (Å²) in [6, 6.07) is 7.94. The van der Waals surface area contributed by atoms with Crippen molar-refractivity contribution in [2.75, 3.05) is 6.26 Å². The number of carbonyl (C=O) groups excluding carboxylic acids is 1.